The van der Waals surface area contributed by atoms with Crippen molar-refractivity contribution in [1.82, 2.24) is 0 Å². The van der Waals surface area contributed by atoms with Crippen LogP contribution in [0.5, 0.6) is 0 Å². The van der Waals surface area contributed by atoms with Gasteiger partial charge in [0.2, 0.25) is 0 Å². The summed E-state index contributed by atoms with van der Waals surface area (Å²) in [5, 5.41) is 0. The van der Waals surface area contributed by atoms with E-state index in [9.17, 15) is 4.79 Å². The zero-order chi connectivity index (χ0) is 12.8. The van der Waals surface area contributed by atoms with Gasteiger partial charge >= 0.3 is 15.3 Å². The molecular weight excluding hydrogens is 371 g/mol. The summed E-state index contributed by atoms with van der Waals surface area (Å²) in [7, 11) is 1.24. The Morgan fingerprint density at radius 1 is 1.44 bits per heavy atom. The van der Waals surface area contributed by atoms with Crippen LogP contribution < -0.4 is 0 Å². The monoisotopic (exact) mass is 378 g/mol. The number of benzene rings is 1. The van der Waals surface area contributed by atoms with Crippen LogP contribution in [-0.2, 0) is 14.1 Å². The molecule has 0 aromatic heterocycles. The molecule has 0 amide bonds. The van der Waals surface area contributed by atoms with Crippen molar-refractivity contribution in [3.8, 4) is 0 Å². The zero-order valence-electron chi connectivity index (χ0n) is 8.05. The zero-order valence-corrected chi connectivity index (χ0v) is 11.8. The van der Waals surface area contributed by atoms with Crippen LogP contribution >= 0.6 is 33.3 Å². The molecule has 1 aromatic carbocycles. The second-order valence-electron chi connectivity index (χ2n) is 2.38. The van der Waals surface area contributed by atoms with E-state index in [4.69, 9.17) is 13.0 Å². The van der Waals surface area contributed by atoms with Crippen LogP contribution in [0.15, 0.2) is 24.3 Å². The molecular formula is C8H8ClIO5S. The highest BCUT2D eigenvalue weighted by Gasteiger charge is 2.07. The number of hydrogen-bond donors (Lipinski definition) is 1. The van der Waals surface area contributed by atoms with Gasteiger partial charge in [0.05, 0.1) is 12.7 Å². The molecule has 0 unspecified atom stereocenters. The average Bonchev–Trinajstić information content (AvgIpc) is 2.15. The molecule has 0 heterocycles. The molecule has 1 aromatic rings. The van der Waals surface area contributed by atoms with E-state index in [2.05, 4.69) is 38.0 Å². The number of carbonyl (C=O) groups is 1. The van der Waals surface area contributed by atoms with Crippen LogP contribution in [-0.4, -0.2) is 26.0 Å². The van der Waals surface area contributed by atoms with E-state index < -0.39 is 9.33 Å². The number of halogens is 2. The fourth-order valence-corrected chi connectivity index (χ4v) is 1.34. The Bertz CT molecular complexity index is 451. The van der Waals surface area contributed by atoms with E-state index in [1.807, 2.05) is 18.2 Å². The lowest BCUT2D eigenvalue weighted by Gasteiger charge is -1.99. The van der Waals surface area contributed by atoms with Gasteiger partial charge in [0.1, 0.15) is 0 Å². The summed E-state index contributed by atoms with van der Waals surface area (Å²) in [6.45, 7) is 0. The molecule has 0 radical (unpaired) electrons. The van der Waals surface area contributed by atoms with E-state index in [1.54, 1.807) is 6.07 Å². The summed E-state index contributed by atoms with van der Waals surface area (Å²) in [5.74, 6) is -0.282. The molecule has 1 rings (SSSR count). The van der Waals surface area contributed by atoms with Crippen molar-refractivity contribution in [2.45, 2.75) is 0 Å². The van der Waals surface area contributed by atoms with Gasteiger partial charge in [-0.25, -0.2) is 4.79 Å². The molecule has 0 aliphatic heterocycles. The van der Waals surface area contributed by atoms with Crippen molar-refractivity contribution in [3.63, 3.8) is 0 Å². The van der Waals surface area contributed by atoms with Gasteiger partial charge in [0.25, 0.3) is 0 Å². The highest BCUT2D eigenvalue weighted by molar-refractivity contribution is 14.1. The summed E-state index contributed by atoms with van der Waals surface area (Å²) in [4.78, 5) is 11.0. The van der Waals surface area contributed by atoms with Crippen molar-refractivity contribution in [2.24, 2.45) is 0 Å². The highest BCUT2D eigenvalue weighted by atomic mass is 127. The minimum Gasteiger partial charge on any atom is -0.465 e. The SMILES string of the molecule is COC(=O)c1ccccc1I.O=S(=O)(O)Cl. The first-order valence-electron chi connectivity index (χ1n) is 3.75. The predicted octanol–water partition coefficient (Wildman–Crippen LogP) is 2.11. The molecule has 0 fully saturated rings. The molecule has 8 heteroatoms. The number of carbonyl (C=O) groups excluding carboxylic acids is 1. The molecule has 0 bridgehead atoms. The minimum atomic E-state index is -4.19. The third kappa shape index (κ3) is 7.85. The van der Waals surface area contributed by atoms with Crippen molar-refractivity contribution in [3.05, 3.63) is 33.4 Å². The average molecular weight is 379 g/mol. The Labute approximate surface area is 111 Å². The molecule has 1 N–H and O–H groups in total. The van der Waals surface area contributed by atoms with Gasteiger partial charge in [0, 0.05) is 14.3 Å². The van der Waals surface area contributed by atoms with Crippen LogP contribution in [0, 0.1) is 3.57 Å². The van der Waals surface area contributed by atoms with Crippen molar-refractivity contribution < 1.29 is 22.5 Å². The second kappa shape index (κ2) is 7.05. The smallest absolute Gasteiger partial charge is 0.353 e. The summed E-state index contributed by atoms with van der Waals surface area (Å²) in [6.07, 6.45) is 0. The maximum atomic E-state index is 11.0. The number of esters is 1. The quantitative estimate of drug-likeness (QED) is 0.350. The third-order valence-corrected chi connectivity index (χ3v) is 2.22. The maximum Gasteiger partial charge on any atom is 0.353 e. The summed E-state index contributed by atoms with van der Waals surface area (Å²) < 4.78 is 30.7. The first-order chi connectivity index (χ1) is 7.25. The standard InChI is InChI=1S/C8H7IO2.ClHO3S/c1-11-8(10)6-4-2-3-5-7(6)9;1-5(2,3)4/h2-5H,1H3;(H,2,3,4). The number of rotatable bonds is 1. The summed E-state index contributed by atoms with van der Waals surface area (Å²) in [6, 6.07) is 7.31. The fourth-order valence-electron chi connectivity index (χ4n) is 0.737. The van der Waals surface area contributed by atoms with Crippen LogP contribution in [0.1, 0.15) is 10.4 Å². The van der Waals surface area contributed by atoms with Crippen LogP contribution in [0.3, 0.4) is 0 Å². The molecule has 0 atom stereocenters. The van der Waals surface area contributed by atoms with E-state index in [-0.39, 0.29) is 5.97 Å². The number of methoxy groups -OCH3 is 1. The van der Waals surface area contributed by atoms with Crippen LogP contribution in [0.2, 0.25) is 0 Å². The van der Waals surface area contributed by atoms with E-state index >= 15 is 0 Å². The molecule has 0 saturated heterocycles. The largest absolute Gasteiger partial charge is 0.465 e. The summed E-state index contributed by atoms with van der Waals surface area (Å²) in [5.41, 5.74) is 0.621. The van der Waals surface area contributed by atoms with Gasteiger partial charge in [-0.3, -0.25) is 4.55 Å². The lowest BCUT2D eigenvalue weighted by atomic mass is 10.2. The Hall–Kier alpha value is -0.380. The molecule has 0 spiro atoms. The Kier molecular flexibility index (Phi) is 6.88. The van der Waals surface area contributed by atoms with Gasteiger partial charge in [0.15, 0.2) is 0 Å². The number of hydrogen-bond acceptors (Lipinski definition) is 4. The first kappa shape index (κ1) is 15.6. The molecule has 16 heavy (non-hydrogen) atoms. The van der Waals surface area contributed by atoms with E-state index in [0.717, 1.165) is 3.57 Å². The van der Waals surface area contributed by atoms with Gasteiger partial charge in [-0.15, -0.1) is 0 Å². The van der Waals surface area contributed by atoms with Crippen LogP contribution in [0.25, 0.3) is 0 Å². The Morgan fingerprint density at radius 3 is 2.25 bits per heavy atom. The third-order valence-electron chi connectivity index (χ3n) is 1.28. The number of ether oxygens (including phenoxy) is 1. The van der Waals surface area contributed by atoms with Crippen molar-refractivity contribution in [1.29, 1.82) is 0 Å². The van der Waals surface area contributed by atoms with Gasteiger partial charge in [-0.05, 0) is 34.7 Å². The lowest BCUT2D eigenvalue weighted by molar-refractivity contribution is 0.0599. The minimum absolute atomic E-state index is 0.282. The Morgan fingerprint density at radius 2 is 1.88 bits per heavy atom. The molecule has 5 nitrogen and oxygen atoms in total. The predicted molar refractivity (Wildman–Crippen MR) is 67.9 cm³/mol. The topological polar surface area (TPSA) is 80.7 Å². The van der Waals surface area contributed by atoms with Gasteiger partial charge < -0.3 is 4.74 Å². The van der Waals surface area contributed by atoms with Gasteiger partial charge in [-0.2, -0.15) is 8.42 Å². The molecule has 90 valence electrons. The maximum absolute atomic E-state index is 11.0. The molecule has 0 aliphatic rings. The normalized spacial score (nSPS) is 10.0. The van der Waals surface area contributed by atoms with Crippen molar-refractivity contribution in [2.75, 3.05) is 7.11 Å². The fraction of sp³-hybridized carbons (Fsp3) is 0.125. The van der Waals surface area contributed by atoms with E-state index in [0.29, 0.717) is 5.56 Å². The molecule has 0 aliphatic carbocycles. The van der Waals surface area contributed by atoms with Gasteiger partial charge in [-0.1, -0.05) is 12.1 Å². The second-order valence-corrected chi connectivity index (χ2v) is 5.54. The molecule has 0 saturated carbocycles. The lowest BCUT2D eigenvalue weighted by Crippen LogP contribution is -2.02. The van der Waals surface area contributed by atoms with Crippen molar-refractivity contribution >= 4 is 48.6 Å². The Balaban J connectivity index is 0.000000385. The van der Waals surface area contributed by atoms with E-state index in [1.165, 1.54) is 7.11 Å². The first-order valence-corrected chi connectivity index (χ1v) is 7.10. The summed E-state index contributed by atoms with van der Waals surface area (Å²) >= 11 is 2.10. The highest BCUT2D eigenvalue weighted by Crippen LogP contribution is 2.11. The van der Waals surface area contributed by atoms with Crippen LogP contribution in [0.4, 0.5) is 0 Å².